The van der Waals surface area contributed by atoms with E-state index in [2.05, 4.69) is 16.3 Å². The third-order valence-corrected chi connectivity index (χ3v) is 5.10. The molecule has 0 unspecified atom stereocenters. The Morgan fingerprint density at radius 3 is 2.91 bits per heavy atom. The van der Waals surface area contributed by atoms with E-state index in [-0.39, 0.29) is 6.61 Å². The quantitative estimate of drug-likeness (QED) is 0.789. The lowest BCUT2D eigenvalue weighted by Gasteiger charge is -2.21. The number of halogens is 1. The molecule has 5 heteroatoms. The third kappa shape index (κ3) is 4.53. The van der Waals surface area contributed by atoms with Gasteiger partial charge in [-0.05, 0) is 37.0 Å². The lowest BCUT2D eigenvalue weighted by atomic mass is 10.2. The lowest BCUT2D eigenvalue weighted by Crippen LogP contribution is -2.25. The van der Waals surface area contributed by atoms with E-state index in [9.17, 15) is 0 Å². The number of aliphatic hydroxyl groups excluding tert-OH is 1. The molecule has 3 nitrogen and oxygen atoms in total. The maximum atomic E-state index is 9.12. The molecule has 2 aromatic rings. The second kappa shape index (κ2) is 7.55. The summed E-state index contributed by atoms with van der Waals surface area (Å²) in [5, 5.41) is 13.4. The standard InChI is InChI=1S/C17H21ClN2OS/c18-15-4-1-3-13(9-15)10-20(7-2-8-21)11-16-12-22-17(19-16)14-5-6-14/h1,3-4,9,12,14,21H,2,5-8,10-11H2. The first-order valence-corrected chi connectivity index (χ1v) is 9.02. The summed E-state index contributed by atoms with van der Waals surface area (Å²) in [7, 11) is 0. The molecule has 22 heavy (non-hydrogen) atoms. The number of benzene rings is 1. The largest absolute Gasteiger partial charge is 0.396 e. The highest BCUT2D eigenvalue weighted by molar-refractivity contribution is 7.09. The van der Waals surface area contributed by atoms with Crippen molar-refractivity contribution in [2.45, 2.75) is 38.3 Å². The highest BCUT2D eigenvalue weighted by Crippen LogP contribution is 2.41. The molecular formula is C17H21ClN2OS. The van der Waals surface area contributed by atoms with Gasteiger partial charge in [0.1, 0.15) is 0 Å². The fraction of sp³-hybridized carbons (Fsp3) is 0.471. The minimum Gasteiger partial charge on any atom is -0.396 e. The molecule has 0 bridgehead atoms. The molecule has 1 N–H and O–H groups in total. The zero-order valence-corrected chi connectivity index (χ0v) is 14.1. The summed E-state index contributed by atoms with van der Waals surface area (Å²) >= 11 is 7.86. The normalized spacial score (nSPS) is 14.7. The Morgan fingerprint density at radius 2 is 2.18 bits per heavy atom. The molecule has 3 rings (SSSR count). The van der Waals surface area contributed by atoms with Crippen LogP contribution in [0.1, 0.15) is 41.4 Å². The van der Waals surface area contributed by atoms with Gasteiger partial charge in [-0.2, -0.15) is 0 Å². The predicted molar refractivity (Wildman–Crippen MR) is 91.4 cm³/mol. The van der Waals surface area contributed by atoms with Crippen molar-refractivity contribution in [3.63, 3.8) is 0 Å². The van der Waals surface area contributed by atoms with E-state index in [1.54, 1.807) is 11.3 Å². The molecule has 118 valence electrons. The second-order valence-electron chi connectivity index (χ2n) is 5.87. The van der Waals surface area contributed by atoms with Gasteiger partial charge >= 0.3 is 0 Å². The number of nitrogens with zero attached hydrogens (tertiary/aromatic N) is 2. The average molecular weight is 337 g/mol. The second-order valence-corrected chi connectivity index (χ2v) is 7.20. The number of rotatable bonds is 8. The van der Waals surface area contributed by atoms with E-state index in [0.717, 1.165) is 42.7 Å². The van der Waals surface area contributed by atoms with Crippen LogP contribution in [0.15, 0.2) is 29.6 Å². The van der Waals surface area contributed by atoms with Crippen LogP contribution in [0.2, 0.25) is 5.02 Å². The Kier molecular flexibility index (Phi) is 5.47. The summed E-state index contributed by atoms with van der Waals surface area (Å²) < 4.78 is 0. The third-order valence-electron chi connectivity index (χ3n) is 3.81. The van der Waals surface area contributed by atoms with Gasteiger partial charge in [0.2, 0.25) is 0 Å². The first kappa shape index (κ1) is 15.9. The summed E-state index contributed by atoms with van der Waals surface area (Å²) in [6.07, 6.45) is 3.37. The lowest BCUT2D eigenvalue weighted by molar-refractivity contribution is 0.211. The van der Waals surface area contributed by atoms with E-state index in [1.165, 1.54) is 23.4 Å². The van der Waals surface area contributed by atoms with Gasteiger partial charge in [-0.15, -0.1) is 11.3 Å². The van der Waals surface area contributed by atoms with Gasteiger partial charge < -0.3 is 5.11 Å². The monoisotopic (exact) mass is 336 g/mol. The van der Waals surface area contributed by atoms with Crippen LogP contribution in [-0.4, -0.2) is 28.1 Å². The van der Waals surface area contributed by atoms with Crippen LogP contribution in [0.3, 0.4) is 0 Å². The van der Waals surface area contributed by atoms with E-state index in [1.807, 2.05) is 18.2 Å². The SMILES string of the molecule is OCCCN(Cc1cccc(Cl)c1)Cc1csc(C2CC2)n1. The first-order valence-electron chi connectivity index (χ1n) is 7.76. The number of hydrogen-bond donors (Lipinski definition) is 1. The minimum absolute atomic E-state index is 0.219. The molecule has 1 heterocycles. The van der Waals surface area contributed by atoms with Gasteiger partial charge in [0.05, 0.1) is 10.7 Å². The Balaban J connectivity index is 1.65. The molecule has 1 aliphatic rings. The molecule has 1 aromatic heterocycles. The van der Waals surface area contributed by atoms with Crippen LogP contribution < -0.4 is 0 Å². The van der Waals surface area contributed by atoms with Crippen molar-refractivity contribution in [3.05, 3.63) is 50.9 Å². The molecule has 0 radical (unpaired) electrons. The van der Waals surface area contributed by atoms with Crippen molar-refractivity contribution < 1.29 is 5.11 Å². The van der Waals surface area contributed by atoms with Crippen LogP contribution in [0, 0.1) is 0 Å². The van der Waals surface area contributed by atoms with Crippen LogP contribution in [0.5, 0.6) is 0 Å². The Morgan fingerprint density at radius 1 is 1.32 bits per heavy atom. The maximum absolute atomic E-state index is 9.12. The van der Waals surface area contributed by atoms with Crippen molar-refractivity contribution in [2.24, 2.45) is 0 Å². The van der Waals surface area contributed by atoms with Crippen molar-refractivity contribution >= 4 is 22.9 Å². The molecule has 0 atom stereocenters. The van der Waals surface area contributed by atoms with Crippen molar-refractivity contribution in [1.29, 1.82) is 0 Å². The number of aromatic nitrogens is 1. The van der Waals surface area contributed by atoms with Crippen molar-refractivity contribution in [3.8, 4) is 0 Å². The predicted octanol–water partition coefficient (Wildman–Crippen LogP) is 4.06. The summed E-state index contributed by atoms with van der Waals surface area (Å²) in [6.45, 7) is 2.74. The first-order chi connectivity index (χ1) is 10.7. The summed E-state index contributed by atoms with van der Waals surface area (Å²) in [6, 6.07) is 7.97. The van der Waals surface area contributed by atoms with E-state index in [4.69, 9.17) is 21.7 Å². The average Bonchev–Trinajstić information content (AvgIpc) is 3.25. The molecule has 0 amide bonds. The Hall–Kier alpha value is -0.940. The van der Waals surface area contributed by atoms with Gasteiger partial charge in [-0.25, -0.2) is 4.98 Å². The molecule has 1 aromatic carbocycles. The van der Waals surface area contributed by atoms with Gasteiger partial charge in [0.15, 0.2) is 0 Å². The van der Waals surface area contributed by atoms with Crippen LogP contribution in [-0.2, 0) is 13.1 Å². The molecular weight excluding hydrogens is 316 g/mol. The van der Waals surface area contributed by atoms with Gasteiger partial charge in [-0.3, -0.25) is 4.90 Å². The van der Waals surface area contributed by atoms with Crippen molar-refractivity contribution in [1.82, 2.24) is 9.88 Å². The molecule has 1 saturated carbocycles. The minimum atomic E-state index is 0.219. The van der Waals surface area contributed by atoms with Crippen LogP contribution in [0.4, 0.5) is 0 Å². The number of aliphatic hydroxyl groups is 1. The van der Waals surface area contributed by atoms with Crippen LogP contribution >= 0.6 is 22.9 Å². The Bertz CT molecular complexity index is 612. The number of thiazole rings is 1. The summed E-state index contributed by atoms with van der Waals surface area (Å²) in [5.41, 5.74) is 2.34. The molecule has 0 saturated heterocycles. The summed E-state index contributed by atoms with van der Waals surface area (Å²) in [5.74, 6) is 0.720. The zero-order valence-electron chi connectivity index (χ0n) is 12.5. The molecule has 0 spiro atoms. The van der Waals surface area contributed by atoms with Crippen LogP contribution in [0.25, 0.3) is 0 Å². The molecule has 1 fully saturated rings. The van der Waals surface area contributed by atoms with Crippen molar-refractivity contribution in [2.75, 3.05) is 13.2 Å². The summed E-state index contributed by atoms with van der Waals surface area (Å²) in [4.78, 5) is 7.09. The van der Waals surface area contributed by atoms with Gasteiger partial charge in [-0.1, -0.05) is 23.7 Å². The van der Waals surface area contributed by atoms with E-state index >= 15 is 0 Å². The zero-order chi connectivity index (χ0) is 15.4. The van der Waals surface area contributed by atoms with E-state index < -0.39 is 0 Å². The van der Waals surface area contributed by atoms with Gasteiger partial charge in [0.25, 0.3) is 0 Å². The smallest absolute Gasteiger partial charge is 0.0959 e. The maximum Gasteiger partial charge on any atom is 0.0959 e. The fourth-order valence-corrected chi connectivity index (χ4v) is 3.74. The fourth-order valence-electron chi connectivity index (χ4n) is 2.54. The number of hydrogen-bond acceptors (Lipinski definition) is 4. The topological polar surface area (TPSA) is 36.4 Å². The molecule has 0 aliphatic heterocycles. The highest BCUT2D eigenvalue weighted by atomic mass is 35.5. The van der Waals surface area contributed by atoms with Gasteiger partial charge in [0, 0.05) is 42.6 Å². The van der Waals surface area contributed by atoms with E-state index in [0.29, 0.717) is 0 Å². The molecule has 1 aliphatic carbocycles. The Labute approximate surface area is 140 Å². The highest BCUT2D eigenvalue weighted by Gasteiger charge is 2.26.